The molecule has 2 rings (SSSR count). The van der Waals surface area contributed by atoms with Gasteiger partial charge in [-0.25, -0.2) is 14.2 Å². The summed E-state index contributed by atoms with van der Waals surface area (Å²) in [7, 11) is 0. The summed E-state index contributed by atoms with van der Waals surface area (Å²) in [5.74, 6) is -0.500. The Morgan fingerprint density at radius 2 is 2.09 bits per heavy atom. The van der Waals surface area contributed by atoms with E-state index in [0.717, 1.165) is 6.20 Å². The number of piperidine rings is 1. The highest BCUT2D eigenvalue weighted by Crippen LogP contribution is 2.37. The average Bonchev–Trinajstić information content (AvgIpc) is 2.48. The van der Waals surface area contributed by atoms with Crippen LogP contribution < -0.4 is 0 Å². The first-order valence-electron chi connectivity index (χ1n) is 7.37. The van der Waals surface area contributed by atoms with Gasteiger partial charge in [0.1, 0.15) is 16.0 Å². The van der Waals surface area contributed by atoms with Crippen LogP contribution in [0.25, 0.3) is 0 Å². The zero-order chi connectivity index (χ0) is 17.3. The lowest BCUT2D eigenvalue weighted by Gasteiger charge is -2.38. The van der Waals surface area contributed by atoms with Crippen molar-refractivity contribution in [2.24, 2.45) is 0 Å². The van der Waals surface area contributed by atoms with Crippen molar-refractivity contribution in [1.82, 2.24) is 9.88 Å². The van der Waals surface area contributed by atoms with E-state index >= 15 is 0 Å². The number of rotatable bonds is 1. The minimum Gasteiger partial charge on any atom is -0.444 e. The van der Waals surface area contributed by atoms with Gasteiger partial charge in [-0.1, -0.05) is 0 Å². The molecule has 2 heterocycles. The topological polar surface area (TPSA) is 66.2 Å². The summed E-state index contributed by atoms with van der Waals surface area (Å²) in [5.41, 5.74) is -1.19. The number of carbonyl (C=O) groups excluding carboxylic acids is 1. The molecule has 0 atom stereocenters. The second-order valence-corrected chi connectivity index (χ2v) is 7.46. The Morgan fingerprint density at radius 1 is 1.48 bits per heavy atom. The lowest BCUT2D eigenvalue weighted by atomic mass is 9.74. The van der Waals surface area contributed by atoms with Gasteiger partial charge in [-0.05, 0) is 55.6 Å². The third kappa shape index (κ3) is 3.99. The molecule has 1 saturated heterocycles. The maximum Gasteiger partial charge on any atom is 0.410 e. The predicted octanol–water partition coefficient (Wildman–Crippen LogP) is 3.78. The smallest absolute Gasteiger partial charge is 0.410 e. The Hall–Kier alpha value is -1.68. The zero-order valence-electron chi connectivity index (χ0n) is 13.4. The van der Waals surface area contributed by atoms with Crippen LogP contribution in [-0.2, 0) is 10.2 Å². The van der Waals surface area contributed by atoms with E-state index in [2.05, 4.69) is 27.0 Å². The summed E-state index contributed by atoms with van der Waals surface area (Å²) in [6, 6.07) is 3.79. The molecule has 5 nitrogen and oxygen atoms in total. The van der Waals surface area contributed by atoms with Gasteiger partial charge in [0.2, 0.25) is 0 Å². The molecule has 0 aliphatic carbocycles. The Morgan fingerprint density at radius 3 is 2.61 bits per heavy atom. The third-order valence-corrected chi connectivity index (χ3v) is 4.25. The van der Waals surface area contributed by atoms with E-state index in [0.29, 0.717) is 36.1 Å². The van der Waals surface area contributed by atoms with Crippen LogP contribution in [0.15, 0.2) is 16.9 Å². The number of aromatic nitrogens is 1. The number of hydrogen-bond acceptors (Lipinski definition) is 4. The van der Waals surface area contributed by atoms with Gasteiger partial charge in [-0.15, -0.1) is 0 Å². The lowest BCUT2D eigenvalue weighted by molar-refractivity contribution is 0.0184. The quantitative estimate of drug-likeness (QED) is 0.692. The van der Waals surface area contributed by atoms with E-state index in [9.17, 15) is 14.4 Å². The summed E-state index contributed by atoms with van der Waals surface area (Å²) in [4.78, 5) is 17.5. The van der Waals surface area contributed by atoms with E-state index in [1.165, 1.54) is 0 Å². The number of nitrogens with zero attached hydrogens (tertiary/aromatic N) is 3. The highest BCUT2D eigenvalue weighted by atomic mass is 79.9. The van der Waals surface area contributed by atoms with Crippen LogP contribution in [0.2, 0.25) is 0 Å². The number of likely N-dealkylation sites (tertiary alicyclic amines) is 1. The summed E-state index contributed by atoms with van der Waals surface area (Å²) < 4.78 is 19.9. The van der Waals surface area contributed by atoms with Gasteiger partial charge >= 0.3 is 6.09 Å². The Labute approximate surface area is 143 Å². The fourth-order valence-corrected chi connectivity index (χ4v) is 2.95. The Kier molecular flexibility index (Phi) is 4.95. The molecule has 7 heteroatoms. The highest BCUT2D eigenvalue weighted by Gasteiger charge is 2.40. The van der Waals surface area contributed by atoms with Crippen molar-refractivity contribution >= 4 is 22.0 Å². The Bertz CT molecular complexity index is 644. The monoisotopic (exact) mass is 383 g/mol. The standard InChI is InChI=1S/C16H19BrFN3O2/c1-15(2,3)23-14(22)21-6-4-16(10-19,5-7-21)11-8-13(17)20-9-12(11)18/h8-9H,4-7H2,1-3H3. The largest absolute Gasteiger partial charge is 0.444 e. The molecule has 1 aliphatic rings. The molecule has 1 amide bonds. The second-order valence-electron chi connectivity index (χ2n) is 6.65. The van der Waals surface area contributed by atoms with Crippen LogP contribution in [0.1, 0.15) is 39.2 Å². The van der Waals surface area contributed by atoms with Gasteiger partial charge in [0, 0.05) is 18.7 Å². The maximum atomic E-state index is 14.1. The first kappa shape index (κ1) is 17.7. The van der Waals surface area contributed by atoms with E-state index in [-0.39, 0.29) is 0 Å². The Balaban J connectivity index is 2.16. The number of ether oxygens (including phenoxy) is 1. The fourth-order valence-electron chi connectivity index (χ4n) is 2.62. The molecule has 0 bridgehead atoms. The molecule has 23 heavy (non-hydrogen) atoms. The first-order valence-corrected chi connectivity index (χ1v) is 8.17. The van der Waals surface area contributed by atoms with Crippen molar-refractivity contribution < 1.29 is 13.9 Å². The van der Waals surface area contributed by atoms with E-state index in [1.807, 2.05) is 0 Å². The van der Waals surface area contributed by atoms with Gasteiger partial charge in [-0.3, -0.25) is 0 Å². The van der Waals surface area contributed by atoms with Crippen molar-refractivity contribution in [3.8, 4) is 6.07 Å². The number of hydrogen-bond donors (Lipinski definition) is 0. The molecule has 0 N–H and O–H groups in total. The minimum atomic E-state index is -0.950. The lowest BCUT2D eigenvalue weighted by Crippen LogP contribution is -2.46. The van der Waals surface area contributed by atoms with Crippen LogP contribution in [0.3, 0.4) is 0 Å². The molecule has 0 radical (unpaired) electrons. The van der Waals surface area contributed by atoms with Gasteiger partial charge in [0.05, 0.1) is 17.7 Å². The van der Waals surface area contributed by atoms with E-state index in [1.54, 1.807) is 31.7 Å². The van der Waals surface area contributed by atoms with Crippen LogP contribution in [0.5, 0.6) is 0 Å². The van der Waals surface area contributed by atoms with Gasteiger partial charge in [0.15, 0.2) is 0 Å². The highest BCUT2D eigenvalue weighted by molar-refractivity contribution is 9.10. The third-order valence-electron chi connectivity index (χ3n) is 3.82. The molecule has 1 aromatic rings. The normalized spacial score (nSPS) is 17.5. The molecule has 0 unspecified atom stereocenters. The maximum absolute atomic E-state index is 14.1. The van der Waals surface area contributed by atoms with Crippen LogP contribution in [-0.4, -0.2) is 34.7 Å². The van der Waals surface area contributed by atoms with Gasteiger partial charge < -0.3 is 9.64 Å². The molecule has 1 fully saturated rings. The van der Waals surface area contributed by atoms with E-state index < -0.39 is 22.9 Å². The number of carbonyl (C=O) groups is 1. The van der Waals surface area contributed by atoms with Crippen LogP contribution in [0.4, 0.5) is 9.18 Å². The summed E-state index contributed by atoms with van der Waals surface area (Å²) in [5, 5.41) is 9.63. The van der Waals surface area contributed by atoms with Crippen molar-refractivity contribution in [3.05, 3.63) is 28.2 Å². The van der Waals surface area contributed by atoms with Gasteiger partial charge in [0.25, 0.3) is 0 Å². The van der Waals surface area contributed by atoms with E-state index in [4.69, 9.17) is 4.74 Å². The molecule has 1 aromatic heterocycles. The van der Waals surface area contributed by atoms with Crippen LogP contribution >= 0.6 is 15.9 Å². The molecule has 0 spiro atoms. The number of pyridine rings is 1. The number of amides is 1. The predicted molar refractivity (Wildman–Crippen MR) is 86.2 cm³/mol. The molecule has 0 aromatic carbocycles. The SMILES string of the molecule is CC(C)(C)OC(=O)N1CCC(C#N)(c2cc(Br)ncc2F)CC1. The van der Waals surface area contributed by atoms with Crippen molar-refractivity contribution in [2.75, 3.05) is 13.1 Å². The minimum absolute atomic E-state index is 0.325. The molecular weight excluding hydrogens is 365 g/mol. The summed E-state index contributed by atoms with van der Waals surface area (Å²) in [6.07, 6.45) is 1.42. The average molecular weight is 384 g/mol. The van der Waals surface area contributed by atoms with Crippen LogP contribution in [0, 0.1) is 17.1 Å². The number of nitriles is 1. The molecule has 0 saturated carbocycles. The summed E-state index contributed by atoms with van der Waals surface area (Å²) >= 11 is 3.21. The van der Waals surface area contributed by atoms with Gasteiger partial charge in [-0.2, -0.15) is 5.26 Å². The zero-order valence-corrected chi connectivity index (χ0v) is 15.0. The molecular formula is C16H19BrFN3O2. The second kappa shape index (κ2) is 6.44. The molecule has 124 valence electrons. The first-order chi connectivity index (χ1) is 10.7. The summed E-state index contributed by atoms with van der Waals surface area (Å²) in [6.45, 7) is 6.11. The fraction of sp³-hybridized carbons (Fsp3) is 0.562. The van der Waals surface area contributed by atoms with Crippen molar-refractivity contribution in [3.63, 3.8) is 0 Å². The van der Waals surface area contributed by atoms with Crippen molar-refractivity contribution in [2.45, 2.75) is 44.6 Å². The number of halogens is 2. The molecule has 1 aliphatic heterocycles. The van der Waals surface area contributed by atoms with Crippen molar-refractivity contribution in [1.29, 1.82) is 5.26 Å².